The van der Waals surface area contributed by atoms with Gasteiger partial charge in [0, 0.05) is 11.1 Å². The number of fused-ring (bicyclic) bond motifs is 1. The fraction of sp³-hybridized carbons (Fsp3) is 0.259. The van der Waals surface area contributed by atoms with Gasteiger partial charge in [0.1, 0.15) is 5.82 Å². The Hall–Kier alpha value is -3.31. The van der Waals surface area contributed by atoms with Crippen molar-refractivity contribution in [3.05, 3.63) is 100 Å². The van der Waals surface area contributed by atoms with E-state index in [9.17, 15) is 19.1 Å². The molecule has 0 bridgehead atoms. The first kappa shape index (κ1) is 21.9. The molecule has 1 atom stereocenters. The number of amides is 1. The number of halogens is 1. The predicted octanol–water partition coefficient (Wildman–Crippen LogP) is 5.26. The molecule has 0 unspecified atom stereocenters. The molecule has 1 amide bonds. The highest BCUT2D eigenvalue weighted by molar-refractivity contribution is 6.10. The summed E-state index contributed by atoms with van der Waals surface area (Å²) in [6, 6.07) is 18.4. The molecule has 0 saturated heterocycles. The van der Waals surface area contributed by atoms with Crippen molar-refractivity contribution < 1.29 is 19.1 Å². The smallest absolute Gasteiger partial charge is 0.264 e. The molecule has 3 aromatic rings. The molecule has 32 heavy (non-hydrogen) atoms. The van der Waals surface area contributed by atoms with Crippen molar-refractivity contribution in [1.29, 1.82) is 0 Å². The van der Waals surface area contributed by atoms with Crippen LogP contribution in [0, 0.1) is 12.7 Å². The summed E-state index contributed by atoms with van der Waals surface area (Å²) in [7, 11) is 0. The van der Waals surface area contributed by atoms with Crippen LogP contribution in [0.1, 0.15) is 58.8 Å². The van der Waals surface area contributed by atoms with Gasteiger partial charge in [-0.25, -0.2) is 4.39 Å². The normalized spacial score (nSPS) is 17.7. The fourth-order valence-electron chi connectivity index (χ4n) is 4.20. The third kappa shape index (κ3) is 3.84. The second-order valence-corrected chi connectivity index (χ2v) is 8.72. The lowest BCUT2D eigenvalue weighted by Gasteiger charge is -2.24. The fourth-order valence-corrected chi connectivity index (χ4v) is 4.20. The standard InChI is InChI=1S/C27H26FNO3/c1-17(2)20-9-8-18(3)21(14-20)16-29-24-7-5-4-6-23(24)27(32,26(29)31)15-25(30)19-10-12-22(28)13-11-19/h4-14,17,32H,15-16H2,1-3H3/t27-/m1/s1. The average Bonchev–Trinajstić information content (AvgIpc) is 2.97. The Morgan fingerprint density at radius 3 is 2.44 bits per heavy atom. The number of rotatable bonds is 6. The van der Waals surface area contributed by atoms with Crippen LogP contribution in [0.25, 0.3) is 0 Å². The number of aryl methyl sites for hydroxylation is 1. The molecule has 3 aromatic carbocycles. The first-order valence-corrected chi connectivity index (χ1v) is 10.7. The second kappa shape index (κ2) is 8.32. The van der Waals surface area contributed by atoms with Crippen molar-refractivity contribution in [3.63, 3.8) is 0 Å². The number of hydrogen-bond donors (Lipinski definition) is 1. The van der Waals surface area contributed by atoms with E-state index in [0.29, 0.717) is 23.7 Å². The zero-order chi connectivity index (χ0) is 23.0. The lowest BCUT2D eigenvalue weighted by Crippen LogP contribution is -2.41. The molecule has 0 aliphatic carbocycles. The molecule has 0 aromatic heterocycles. The first-order chi connectivity index (χ1) is 15.2. The van der Waals surface area contributed by atoms with Crippen LogP contribution in [0.4, 0.5) is 10.1 Å². The Bertz CT molecular complexity index is 1190. The van der Waals surface area contributed by atoms with Gasteiger partial charge in [-0.15, -0.1) is 0 Å². The molecule has 1 N–H and O–H groups in total. The van der Waals surface area contributed by atoms with E-state index in [1.165, 1.54) is 29.8 Å². The van der Waals surface area contributed by atoms with Gasteiger partial charge >= 0.3 is 0 Å². The number of ketones is 1. The summed E-state index contributed by atoms with van der Waals surface area (Å²) in [5, 5.41) is 11.5. The van der Waals surface area contributed by atoms with Gasteiger partial charge in [-0.05, 0) is 59.9 Å². The largest absolute Gasteiger partial charge is 0.375 e. The highest BCUT2D eigenvalue weighted by Gasteiger charge is 2.50. The lowest BCUT2D eigenvalue weighted by molar-refractivity contribution is -0.136. The number of benzene rings is 3. The van der Waals surface area contributed by atoms with Crippen molar-refractivity contribution in [3.8, 4) is 0 Å². The van der Waals surface area contributed by atoms with Crippen LogP contribution in [-0.2, 0) is 16.9 Å². The number of Topliss-reactive ketones (excluding diaryl/α,β-unsaturated/α-hetero) is 1. The van der Waals surface area contributed by atoms with Crippen molar-refractivity contribution >= 4 is 17.4 Å². The molecule has 0 fully saturated rings. The monoisotopic (exact) mass is 431 g/mol. The zero-order valence-corrected chi connectivity index (χ0v) is 18.4. The van der Waals surface area contributed by atoms with E-state index in [-0.39, 0.29) is 5.56 Å². The molecule has 1 aliphatic rings. The van der Waals surface area contributed by atoms with Crippen LogP contribution >= 0.6 is 0 Å². The third-order valence-electron chi connectivity index (χ3n) is 6.19. The number of aliphatic hydroxyl groups is 1. The van der Waals surface area contributed by atoms with E-state index in [1.807, 2.05) is 19.1 Å². The van der Waals surface area contributed by atoms with Crippen LogP contribution in [0.2, 0.25) is 0 Å². The highest BCUT2D eigenvalue weighted by Crippen LogP contribution is 2.43. The van der Waals surface area contributed by atoms with Gasteiger partial charge in [0.05, 0.1) is 18.7 Å². The minimum atomic E-state index is -1.97. The van der Waals surface area contributed by atoms with E-state index < -0.39 is 29.5 Å². The van der Waals surface area contributed by atoms with Crippen LogP contribution < -0.4 is 4.90 Å². The molecular weight excluding hydrogens is 405 g/mol. The Morgan fingerprint density at radius 2 is 1.75 bits per heavy atom. The second-order valence-electron chi connectivity index (χ2n) is 8.72. The van der Waals surface area contributed by atoms with E-state index in [4.69, 9.17) is 0 Å². The average molecular weight is 432 g/mol. The summed E-state index contributed by atoms with van der Waals surface area (Å²) in [6.07, 6.45) is -0.407. The number of para-hydroxylation sites is 1. The Kier molecular flexibility index (Phi) is 5.70. The number of carbonyl (C=O) groups is 2. The lowest BCUT2D eigenvalue weighted by atomic mass is 9.88. The van der Waals surface area contributed by atoms with Crippen LogP contribution in [0.15, 0.2) is 66.7 Å². The van der Waals surface area contributed by atoms with E-state index in [2.05, 4.69) is 26.0 Å². The molecule has 1 heterocycles. The zero-order valence-electron chi connectivity index (χ0n) is 18.4. The highest BCUT2D eigenvalue weighted by atomic mass is 19.1. The van der Waals surface area contributed by atoms with Gasteiger partial charge in [0.25, 0.3) is 5.91 Å². The summed E-state index contributed by atoms with van der Waals surface area (Å²) >= 11 is 0. The van der Waals surface area contributed by atoms with Crippen LogP contribution in [-0.4, -0.2) is 16.8 Å². The minimum Gasteiger partial charge on any atom is -0.375 e. The summed E-state index contributed by atoms with van der Waals surface area (Å²) in [4.78, 5) is 27.9. The van der Waals surface area contributed by atoms with Gasteiger partial charge in [-0.3, -0.25) is 9.59 Å². The SMILES string of the molecule is Cc1ccc(C(C)C)cc1CN1C(=O)[C@@](O)(CC(=O)c2ccc(F)cc2)c2ccccc21. The van der Waals surface area contributed by atoms with Crippen molar-refractivity contribution in [1.82, 2.24) is 0 Å². The van der Waals surface area contributed by atoms with E-state index in [1.54, 1.807) is 23.1 Å². The minimum absolute atomic E-state index is 0.254. The molecule has 4 nitrogen and oxygen atoms in total. The van der Waals surface area contributed by atoms with E-state index >= 15 is 0 Å². The van der Waals surface area contributed by atoms with Gasteiger partial charge in [-0.2, -0.15) is 0 Å². The van der Waals surface area contributed by atoms with Crippen molar-refractivity contribution in [2.24, 2.45) is 0 Å². The quantitative estimate of drug-likeness (QED) is 0.541. The van der Waals surface area contributed by atoms with Crippen molar-refractivity contribution in [2.45, 2.75) is 45.3 Å². The van der Waals surface area contributed by atoms with Gasteiger partial charge in [0.15, 0.2) is 11.4 Å². The maximum atomic E-state index is 13.5. The molecule has 0 radical (unpaired) electrons. The third-order valence-corrected chi connectivity index (χ3v) is 6.19. The molecule has 1 aliphatic heterocycles. The summed E-state index contributed by atoms with van der Waals surface area (Å²) in [6.45, 7) is 6.53. The van der Waals surface area contributed by atoms with Gasteiger partial charge in [0.2, 0.25) is 0 Å². The Labute approximate surface area is 187 Å². The van der Waals surface area contributed by atoms with Gasteiger partial charge < -0.3 is 10.0 Å². The molecule has 5 heteroatoms. The predicted molar refractivity (Wildman–Crippen MR) is 122 cm³/mol. The summed E-state index contributed by atoms with van der Waals surface area (Å²) in [5.41, 5.74) is 2.52. The van der Waals surface area contributed by atoms with Crippen LogP contribution in [0.5, 0.6) is 0 Å². The number of nitrogens with zero attached hydrogens (tertiary/aromatic N) is 1. The van der Waals surface area contributed by atoms with Gasteiger partial charge in [-0.1, -0.05) is 50.2 Å². The number of anilines is 1. The maximum Gasteiger partial charge on any atom is 0.264 e. The molecular formula is C27H26FNO3. The Balaban J connectivity index is 1.69. The molecule has 164 valence electrons. The van der Waals surface area contributed by atoms with Crippen LogP contribution in [0.3, 0.4) is 0 Å². The Morgan fingerprint density at radius 1 is 1.06 bits per heavy atom. The van der Waals surface area contributed by atoms with E-state index in [0.717, 1.165) is 11.1 Å². The molecule has 0 saturated carbocycles. The summed E-state index contributed by atoms with van der Waals surface area (Å²) < 4.78 is 13.2. The van der Waals surface area contributed by atoms with Crippen molar-refractivity contribution in [2.75, 3.05) is 4.90 Å². The number of hydrogen-bond acceptors (Lipinski definition) is 3. The molecule has 0 spiro atoms. The first-order valence-electron chi connectivity index (χ1n) is 10.7. The summed E-state index contributed by atoms with van der Waals surface area (Å²) in [5.74, 6) is -1.05. The number of carbonyl (C=O) groups excluding carboxylic acids is 2. The molecule has 4 rings (SSSR count). The topological polar surface area (TPSA) is 57.6 Å². The maximum absolute atomic E-state index is 13.5.